The minimum Gasteiger partial charge on any atom is -0.354 e. The van der Waals surface area contributed by atoms with Crippen molar-refractivity contribution in [2.75, 3.05) is 6.54 Å². The molecule has 1 rings (SSSR count). The van der Waals surface area contributed by atoms with E-state index in [0.717, 1.165) is 17.5 Å². The normalized spacial score (nSPS) is 11.6. The molecule has 19 heavy (non-hydrogen) atoms. The van der Waals surface area contributed by atoms with Gasteiger partial charge in [0.1, 0.15) is 5.82 Å². The molecule has 3 N–H and O–H groups in total. The van der Waals surface area contributed by atoms with Crippen molar-refractivity contribution in [2.24, 2.45) is 5.73 Å². The molecule has 1 unspecified atom stereocenters. The molecule has 0 spiro atoms. The maximum absolute atomic E-state index is 12.9. The molecule has 0 fully saturated rings. The number of rotatable bonds is 6. The number of carbonyl (C=O) groups excluding carboxylic acids is 1. The number of nitrogens with two attached hydrogens (primary N) is 1. The van der Waals surface area contributed by atoms with Crippen LogP contribution in [-0.4, -0.2) is 18.5 Å². The second kappa shape index (κ2) is 8.88. The monoisotopic (exact) mass is 288 g/mol. The van der Waals surface area contributed by atoms with Crippen molar-refractivity contribution in [3.8, 4) is 0 Å². The number of amides is 1. The average molecular weight is 289 g/mol. The first-order valence-electron chi connectivity index (χ1n) is 6.33. The predicted octanol–water partition coefficient (Wildman–Crippen LogP) is 2.34. The fraction of sp³-hybridized carbons (Fsp3) is 0.500. The molecule has 0 heterocycles. The van der Waals surface area contributed by atoms with E-state index in [4.69, 9.17) is 5.73 Å². The van der Waals surface area contributed by atoms with Crippen LogP contribution in [0.2, 0.25) is 0 Å². The highest BCUT2D eigenvalue weighted by molar-refractivity contribution is 5.85. The standard InChI is InChI=1S/C14H21FN2O.ClH/c1-3-4-13(16)14(18)17-8-7-11-5-6-12(15)9-10(11)2;/h5-6,9,13H,3-4,7-8,16H2,1-2H3,(H,17,18);1H. The smallest absolute Gasteiger partial charge is 0.236 e. The largest absolute Gasteiger partial charge is 0.354 e. The number of hydrogen-bond acceptors (Lipinski definition) is 2. The first-order chi connectivity index (χ1) is 8.54. The molecule has 1 amide bonds. The summed E-state index contributed by atoms with van der Waals surface area (Å²) in [5.74, 6) is -0.345. The van der Waals surface area contributed by atoms with Crippen molar-refractivity contribution < 1.29 is 9.18 Å². The molecule has 3 nitrogen and oxygen atoms in total. The summed E-state index contributed by atoms with van der Waals surface area (Å²) in [4.78, 5) is 11.6. The van der Waals surface area contributed by atoms with E-state index in [1.807, 2.05) is 13.8 Å². The van der Waals surface area contributed by atoms with Gasteiger partial charge in [-0.2, -0.15) is 0 Å². The zero-order chi connectivity index (χ0) is 13.5. The molecule has 0 saturated heterocycles. The van der Waals surface area contributed by atoms with Crippen LogP contribution < -0.4 is 11.1 Å². The van der Waals surface area contributed by atoms with Crippen LogP contribution in [-0.2, 0) is 11.2 Å². The van der Waals surface area contributed by atoms with Crippen LogP contribution in [0, 0.1) is 12.7 Å². The molecule has 0 aromatic heterocycles. The molecule has 0 saturated carbocycles. The molecular weight excluding hydrogens is 267 g/mol. The fourth-order valence-corrected chi connectivity index (χ4v) is 1.83. The lowest BCUT2D eigenvalue weighted by Gasteiger charge is -2.12. The van der Waals surface area contributed by atoms with Crippen molar-refractivity contribution >= 4 is 18.3 Å². The molecule has 0 aliphatic carbocycles. The van der Waals surface area contributed by atoms with Gasteiger partial charge in [-0.25, -0.2) is 4.39 Å². The molecule has 1 aromatic carbocycles. The molecule has 1 atom stereocenters. The first-order valence-corrected chi connectivity index (χ1v) is 6.33. The lowest BCUT2D eigenvalue weighted by Crippen LogP contribution is -2.41. The molecule has 0 aliphatic heterocycles. The number of carbonyl (C=O) groups is 1. The summed E-state index contributed by atoms with van der Waals surface area (Å²) in [5, 5.41) is 2.80. The van der Waals surface area contributed by atoms with Gasteiger partial charge in [0.15, 0.2) is 0 Å². The lowest BCUT2D eigenvalue weighted by molar-refractivity contribution is -0.122. The summed E-state index contributed by atoms with van der Waals surface area (Å²) in [6.07, 6.45) is 2.28. The minimum absolute atomic E-state index is 0. The highest BCUT2D eigenvalue weighted by atomic mass is 35.5. The Kier molecular flexibility index (Phi) is 8.35. The van der Waals surface area contributed by atoms with Crippen LogP contribution in [0.3, 0.4) is 0 Å². The third kappa shape index (κ3) is 6.03. The van der Waals surface area contributed by atoms with Gasteiger partial charge >= 0.3 is 0 Å². The van der Waals surface area contributed by atoms with Gasteiger partial charge in [-0.1, -0.05) is 19.4 Å². The zero-order valence-electron chi connectivity index (χ0n) is 11.4. The molecule has 0 aliphatic rings. The summed E-state index contributed by atoms with van der Waals surface area (Å²) < 4.78 is 12.9. The van der Waals surface area contributed by atoms with Crippen molar-refractivity contribution in [1.29, 1.82) is 0 Å². The van der Waals surface area contributed by atoms with Gasteiger partial charge in [-0.05, 0) is 43.0 Å². The minimum atomic E-state index is -0.427. The Labute approximate surface area is 120 Å². The lowest BCUT2D eigenvalue weighted by atomic mass is 10.1. The van der Waals surface area contributed by atoms with Gasteiger partial charge in [-0.3, -0.25) is 4.79 Å². The van der Waals surface area contributed by atoms with E-state index in [-0.39, 0.29) is 24.1 Å². The fourth-order valence-electron chi connectivity index (χ4n) is 1.83. The molecule has 0 bridgehead atoms. The van der Waals surface area contributed by atoms with Crippen LogP contribution in [0.15, 0.2) is 18.2 Å². The quantitative estimate of drug-likeness (QED) is 0.844. The number of benzene rings is 1. The van der Waals surface area contributed by atoms with Crippen molar-refractivity contribution in [2.45, 2.75) is 39.2 Å². The Bertz CT molecular complexity index is 412. The summed E-state index contributed by atoms with van der Waals surface area (Å²) in [6.45, 7) is 4.39. The van der Waals surface area contributed by atoms with E-state index >= 15 is 0 Å². The topological polar surface area (TPSA) is 55.1 Å². The summed E-state index contributed by atoms with van der Waals surface area (Å²) in [7, 11) is 0. The maximum Gasteiger partial charge on any atom is 0.236 e. The molecular formula is C14H22ClFN2O. The average Bonchev–Trinajstić information content (AvgIpc) is 2.32. The highest BCUT2D eigenvalue weighted by Crippen LogP contribution is 2.10. The Morgan fingerprint density at radius 2 is 2.16 bits per heavy atom. The van der Waals surface area contributed by atoms with Crippen LogP contribution in [0.25, 0.3) is 0 Å². The first kappa shape index (κ1) is 17.9. The van der Waals surface area contributed by atoms with Crippen LogP contribution in [0.5, 0.6) is 0 Å². The summed E-state index contributed by atoms with van der Waals surface area (Å²) >= 11 is 0. The highest BCUT2D eigenvalue weighted by Gasteiger charge is 2.11. The summed E-state index contributed by atoms with van der Waals surface area (Å²) in [5.41, 5.74) is 7.64. The van der Waals surface area contributed by atoms with Gasteiger partial charge < -0.3 is 11.1 Å². The Morgan fingerprint density at radius 1 is 1.47 bits per heavy atom. The number of hydrogen-bond donors (Lipinski definition) is 2. The van der Waals surface area contributed by atoms with E-state index in [1.165, 1.54) is 12.1 Å². The van der Waals surface area contributed by atoms with Gasteiger partial charge in [0, 0.05) is 6.54 Å². The van der Waals surface area contributed by atoms with E-state index in [0.29, 0.717) is 19.4 Å². The number of nitrogens with one attached hydrogen (secondary N) is 1. The van der Waals surface area contributed by atoms with E-state index in [1.54, 1.807) is 6.07 Å². The number of aryl methyl sites for hydroxylation is 1. The second-order valence-electron chi connectivity index (χ2n) is 4.51. The number of halogens is 2. The van der Waals surface area contributed by atoms with Crippen LogP contribution in [0.4, 0.5) is 4.39 Å². The van der Waals surface area contributed by atoms with Gasteiger partial charge in [0.05, 0.1) is 6.04 Å². The van der Waals surface area contributed by atoms with Crippen molar-refractivity contribution in [1.82, 2.24) is 5.32 Å². The molecule has 1 aromatic rings. The third-order valence-corrected chi connectivity index (χ3v) is 2.93. The van der Waals surface area contributed by atoms with E-state index in [9.17, 15) is 9.18 Å². The Hall–Kier alpha value is -1.13. The summed E-state index contributed by atoms with van der Waals surface area (Å²) in [6, 6.07) is 4.26. The van der Waals surface area contributed by atoms with Crippen LogP contribution in [0.1, 0.15) is 30.9 Å². The van der Waals surface area contributed by atoms with E-state index < -0.39 is 6.04 Å². The molecule has 5 heteroatoms. The molecule has 108 valence electrons. The van der Waals surface area contributed by atoms with Crippen molar-refractivity contribution in [3.63, 3.8) is 0 Å². The SMILES string of the molecule is CCCC(N)C(=O)NCCc1ccc(F)cc1C.Cl. The van der Waals surface area contributed by atoms with Crippen molar-refractivity contribution in [3.05, 3.63) is 35.1 Å². The molecule has 0 radical (unpaired) electrons. The van der Waals surface area contributed by atoms with Gasteiger partial charge in [0.2, 0.25) is 5.91 Å². The Morgan fingerprint density at radius 3 is 2.74 bits per heavy atom. The second-order valence-corrected chi connectivity index (χ2v) is 4.51. The zero-order valence-corrected chi connectivity index (χ0v) is 12.2. The van der Waals surface area contributed by atoms with Gasteiger partial charge in [0.25, 0.3) is 0 Å². The van der Waals surface area contributed by atoms with Gasteiger partial charge in [-0.15, -0.1) is 12.4 Å². The van der Waals surface area contributed by atoms with E-state index in [2.05, 4.69) is 5.32 Å². The maximum atomic E-state index is 12.9. The predicted molar refractivity (Wildman–Crippen MR) is 78.0 cm³/mol. The van der Waals surface area contributed by atoms with Crippen LogP contribution >= 0.6 is 12.4 Å². The Balaban J connectivity index is 0.00000324. The third-order valence-electron chi connectivity index (χ3n) is 2.93.